The predicted molar refractivity (Wildman–Crippen MR) is 247 cm³/mol. The van der Waals surface area contributed by atoms with E-state index in [4.69, 9.17) is 13.8 Å². The number of nitrogens with one attached hydrogen (secondary N) is 2. The molecule has 2 N–H and O–H groups in total. The summed E-state index contributed by atoms with van der Waals surface area (Å²) in [6.45, 7) is 4.27. The molecule has 0 saturated heterocycles. The number of hydrogen-bond donors (Lipinski definition) is 2. The van der Waals surface area contributed by atoms with E-state index in [1.165, 1.54) is 21.1 Å². The summed E-state index contributed by atoms with van der Waals surface area (Å²) in [5.41, 5.74) is 5.05. The Balaban J connectivity index is 1.26. The second kappa shape index (κ2) is 15.2. The monoisotopic (exact) mass is 773 g/mol. The standard InChI is InChI=1S/C52H46N4OSi/c1-52(2,3)37-30-31-54-51(32-37)56-49-27-17-14-24-45(49)46-29-28-39(36-50(46)56)57-40-33-38(55-48-26-16-15-25-47(48)53-4)34-44(35-40)58(41-18-8-5-9-19-41,42-20-10-6-11-21-42)43-22-12-7-13-23-43/h5-36,53,55H,1-4H3/i4D3. The zero-order valence-electron chi connectivity index (χ0n) is 35.8. The van der Waals surface area contributed by atoms with Crippen LogP contribution in [0, 0.1) is 0 Å². The van der Waals surface area contributed by atoms with Crippen molar-refractivity contribution in [2.24, 2.45) is 0 Å². The molecule has 9 aromatic rings. The molecule has 0 unspecified atom stereocenters. The van der Waals surface area contributed by atoms with Crippen molar-refractivity contribution in [3.05, 3.63) is 200 Å². The van der Waals surface area contributed by atoms with E-state index < -0.39 is 15.0 Å². The maximum absolute atomic E-state index is 7.98. The molecule has 0 saturated carbocycles. The first kappa shape index (κ1) is 33.3. The van der Waals surface area contributed by atoms with Gasteiger partial charge in [0.15, 0.2) is 8.07 Å². The lowest BCUT2D eigenvalue weighted by molar-refractivity contribution is 0.484. The van der Waals surface area contributed by atoms with Crippen LogP contribution in [-0.4, -0.2) is 24.6 Å². The van der Waals surface area contributed by atoms with Gasteiger partial charge in [-0.05, 0) is 86.3 Å². The summed E-state index contributed by atoms with van der Waals surface area (Å²) < 4.78 is 33.2. The minimum atomic E-state index is -3.03. The average molecular weight is 774 g/mol. The van der Waals surface area contributed by atoms with E-state index in [2.05, 4.69) is 188 Å². The SMILES string of the molecule is [2H]C([2H])([2H])Nc1ccccc1Nc1cc(Oc2ccc3c4ccccc4n(-c4cc(C(C)(C)C)ccn4)c3c2)cc([Si](c2ccccc2)(c2ccccc2)c2ccccc2)c1. The number of aromatic nitrogens is 2. The lowest BCUT2D eigenvalue weighted by Crippen LogP contribution is -2.74. The highest BCUT2D eigenvalue weighted by molar-refractivity contribution is 7.20. The van der Waals surface area contributed by atoms with Crippen molar-refractivity contribution in [3.63, 3.8) is 0 Å². The first-order chi connectivity index (χ1) is 29.5. The molecule has 2 aromatic heterocycles. The van der Waals surface area contributed by atoms with Crippen LogP contribution in [-0.2, 0) is 5.41 Å². The van der Waals surface area contributed by atoms with Gasteiger partial charge in [-0.3, -0.25) is 4.57 Å². The molecule has 0 spiro atoms. The van der Waals surface area contributed by atoms with Crippen molar-refractivity contribution < 1.29 is 8.85 Å². The number of nitrogens with zero attached hydrogens (tertiary/aromatic N) is 2. The molecule has 284 valence electrons. The van der Waals surface area contributed by atoms with Crippen LogP contribution in [0.4, 0.5) is 17.1 Å². The van der Waals surface area contributed by atoms with Crippen LogP contribution in [0.15, 0.2) is 194 Å². The fourth-order valence-electron chi connectivity index (χ4n) is 8.27. The third-order valence-corrected chi connectivity index (χ3v) is 15.8. The normalized spacial score (nSPS) is 12.8. The Hall–Kier alpha value is -6.89. The number of fused-ring (bicyclic) bond motifs is 3. The van der Waals surface area contributed by atoms with Crippen molar-refractivity contribution in [2.75, 3.05) is 17.6 Å². The summed E-state index contributed by atoms with van der Waals surface area (Å²) in [4.78, 5) is 4.89. The second-order valence-electron chi connectivity index (χ2n) is 15.7. The van der Waals surface area contributed by atoms with Gasteiger partial charge in [0.1, 0.15) is 17.3 Å². The Bertz CT molecular complexity index is 2890. The summed E-state index contributed by atoms with van der Waals surface area (Å²) in [5, 5.41) is 13.3. The highest BCUT2D eigenvalue weighted by Crippen LogP contribution is 2.36. The highest BCUT2D eigenvalue weighted by atomic mass is 28.3. The van der Waals surface area contributed by atoms with Crippen molar-refractivity contribution in [3.8, 4) is 17.3 Å². The second-order valence-corrected chi connectivity index (χ2v) is 19.5. The van der Waals surface area contributed by atoms with E-state index >= 15 is 0 Å². The molecule has 0 fully saturated rings. The Labute approximate surface area is 345 Å². The minimum Gasteiger partial charge on any atom is -0.457 e. The lowest BCUT2D eigenvalue weighted by Gasteiger charge is -2.35. The van der Waals surface area contributed by atoms with Crippen LogP contribution in [0.3, 0.4) is 0 Å². The van der Waals surface area contributed by atoms with Gasteiger partial charge in [-0.25, -0.2) is 4.98 Å². The Morgan fingerprint density at radius 2 is 1.16 bits per heavy atom. The number of ether oxygens (including phenoxy) is 1. The fourth-order valence-corrected chi connectivity index (χ4v) is 13.1. The molecule has 58 heavy (non-hydrogen) atoms. The van der Waals surface area contributed by atoms with Gasteiger partial charge in [0.05, 0.1) is 22.4 Å². The summed E-state index contributed by atoms with van der Waals surface area (Å²) in [7, 11) is -3.03. The molecule has 9 rings (SSSR count). The van der Waals surface area contributed by atoms with Gasteiger partial charge in [-0.1, -0.05) is 142 Å². The van der Waals surface area contributed by atoms with E-state index in [-0.39, 0.29) is 5.41 Å². The molecular weight excluding hydrogens is 725 g/mol. The number of hydrogen-bond acceptors (Lipinski definition) is 4. The predicted octanol–water partition coefficient (Wildman–Crippen LogP) is 10.4. The maximum Gasteiger partial charge on any atom is 0.179 e. The number of pyridine rings is 1. The lowest BCUT2D eigenvalue weighted by atomic mass is 9.88. The third kappa shape index (κ3) is 6.71. The topological polar surface area (TPSA) is 51.1 Å². The molecule has 0 aliphatic heterocycles. The molecular formula is C52H46N4OSi. The quantitative estimate of drug-likeness (QED) is 0.107. The van der Waals surface area contributed by atoms with Crippen molar-refractivity contribution in [1.82, 2.24) is 9.55 Å². The Kier molecular flexibility index (Phi) is 8.73. The zero-order valence-corrected chi connectivity index (χ0v) is 33.8. The molecule has 2 heterocycles. The average Bonchev–Trinajstić information content (AvgIpc) is 3.59. The number of anilines is 3. The molecule has 0 aliphatic carbocycles. The van der Waals surface area contributed by atoms with Crippen molar-refractivity contribution in [2.45, 2.75) is 26.2 Å². The van der Waals surface area contributed by atoms with E-state index in [0.29, 0.717) is 22.9 Å². The van der Waals surface area contributed by atoms with Crippen LogP contribution >= 0.6 is 0 Å². The number of benzene rings is 7. The molecule has 0 amide bonds. The van der Waals surface area contributed by atoms with Gasteiger partial charge < -0.3 is 15.4 Å². The summed E-state index contributed by atoms with van der Waals surface area (Å²) in [6, 6.07) is 65.0. The van der Waals surface area contributed by atoms with Crippen LogP contribution in [0.2, 0.25) is 0 Å². The molecule has 0 bridgehead atoms. The largest absolute Gasteiger partial charge is 0.457 e. The van der Waals surface area contributed by atoms with Gasteiger partial charge in [0, 0.05) is 45.9 Å². The zero-order chi connectivity index (χ0) is 42.2. The van der Waals surface area contributed by atoms with Crippen LogP contribution in [0.25, 0.3) is 27.6 Å². The van der Waals surface area contributed by atoms with E-state index in [1.54, 1.807) is 6.07 Å². The molecule has 0 atom stereocenters. The Morgan fingerprint density at radius 3 is 1.81 bits per heavy atom. The Morgan fingerprint density at radius 1 is 0.552 bits per heavy atom. The smallest absolute Gasteiger partial charge is 0.179 e. The van der Waals surface area contributed by atoms with Gasteiger partial charge in [-0.2, -0.15) is 0 Å². The van der Waals surface area contributed by atoms with E-state index in [0.717, 1.165) is 38.5 Å². The first-order valence-electron chi connectivity index (χ1n) is 21.1. The van der Waals surface area contributed by atoms with Crippen molar-refractivity contribution in [1.29, 1.82) is 0 Å². The summed E-state index contributed by atoms with van der Waals surface area (Å²) >= 11 is 0. The summed E-state index contributed by atoms with van der Waals surface area (Å²) in [6.07, 6.45) is 1.89. The van der Waals surface area contributed by atoms with Crippen LogP contribution in [0.5, 0.6) is 11.5 Å². The van der Waals surface area contributed by atoms with Crippen LogP contribution < -0.4 is 36.1 Å². The summed E-state index contributed by atoms with van der Waals surface area (Å²) in [5.74, 6) is 2.15. The molecule has 7 aromatic carbocycles. The molecule has 6 heteroatoms. The highest BCUT2D eigenvalue weighted by Gasteiger charge is 2.42. The molecule has 0 aliphatic rings. The number of para-hydroxylation sites is 3. The van der Waals surface area contributed by atoms with Gasteiger partial charge in [-0.15, -0.1) is 0 Å². The minimum absolute atomic E-state index is 0.0530. The van der Waals surface area contributed by atoms with E-state index in [9.17, 15) is 0 Å². The van der Waals surface area contributed by atoms with Gasteiger partial charge in [0.2, 0.25) is 0 Å². The van der Waals surface area contributed by atoms with E-state index in [1.807, 2.05) is 36.5 Å². The maximum atomic E-state index is 7.98. The first-order valence-corrected chi connectivity index (χ1v) is 21.6. The van der Waals surface area contributed by atoms with Crippen molar-refractivity contribution >= 4 is 67.7 Å². The third-order valence-electron chi connectivity index (χ3n) is 11.0. The number of rotatable bonds is 10. The fraction of sp³-hybridized carbons (Fsp3) is 0.0962. The van der Waals surface area contributed by atoms with Gasteiger partial charge >= 0.3 is 0 Å². The van der Waals surface area contributed by atoms with Gasteiger partial charge in [0.25, 0.3) is 0 Å². The van der Waals surface area contributed by atoms with Crippen LogP contribution in [0.1, 0.15) is 30.4 Å². The molecule has 5 nitrogen and oxygen atoms in total. The molecule has 0 radical (unpaired) electrons.